The minimum absolute atomic E-state index is 0.0383. The Morgan fingerprint density at radius 1 is 1.18 bits per heavy atom. The Bertz CT molecular complexity index is 611. The minimum Gasteiger partial charge on any atom is -0.354 e. The number of benzene rings is 1. The molecule has 22 heavy (non-hydrogen) atoms. The van der Waals surface area contributed by atoms with E-state index in [1.807, 2.05) is 37.4 Å². The van der Waals surface area contributed by atoms with Gasteiger partial charge in [-0.05, 0) is 42.8 Å². The molecular formula is C17H20BrN3O. The second kappa shape index (κ2) is 7.94. The van der Waals surface area contributed by atoms with Crippen molar-refractivity contribution in [3.8, 4) is 0 Å². The second-order valence-electron chi connectivity index (χ2n) is 5.14. The first-order valence-corrected chi connectivity index (χ1v) is 8.13. The summed E-state index contributed by atoms with van der Waals surface area (Å²) in [5.74, 6) is -0.0383. The quantitative estimate of drug-likeness (QED) is 0.825. The van der Waals surface area contributed by atoms with Gasteiger partial charge in [-0.15, -0.1) is 0 Å². The van der Waals surface area contributed by atoms with Gasteiger partial charge in [-0.3, -0.25) is 4.79 Å². The first-order valence-electron chi connectivity index (χ1n) is 7.34. The molecule has 0 fully saturated rings. The summed E-state index contributed by atoms with van der Waals surface area (Å²) in [6.45, 7) is 2.87. The van der Waals surface area contributed by atoms with Crippen LogP contribution < -0.4 is 5.32 Å². The Morgan fingerprint density at radius 3 is 2.45 bits per heavy atom. The Hall–Kier alpha value is -1.88. The summed E-state index contributed by atoms with van der Waals surface area (Å²) >= 11 is 3.41. The van der Waals surface area contributed by atoms with Gasteiger partial charge >= 0.3 is 0 Å². The third-order valence-electron chi connectivity index (χ3n) is 3.31. The number of halogens is 1. The maximum atomic E-state index is 12.2. The standard InChI is InChI=1S/C17H20BrN3O/c1-3-4-11-21(2)17(22)16-10-9-15(12-19-16)20-14-7-5-13(18)6-8-14/h5-10,12,20H,3-4,11H2,1-2H3. The molecule has 5 heteroatoms. The van der Waals surface area contributed by atoms with Crippen molar-refractivity contribution in [3.05, 3.63) is 52.8 Å². The predicted molar refractivity (Wildman–Crippen MR) is 93.5 cm³/mol. The van der Waals surface area contributed by atoms with Crippen LogP contribution in [0.4, 0.5) is 11.4 Å². The largest absolute Gasteiger partial charge is 0.354 e. The van der Waals surface area contributed by atoms with Gasteiger partial charge in [0.25, 0.3) is 5.91 Å². The average Bonchev–Trinajstić information content (AvgIpc) is 2.55. The summed E-state index contributed by atoms with van der Waals surface area (Å²) in [5.41, 5.74) is 2.30. The van der Waals surface area contributed by atoms with Crippen molar-refractivity contribution >= 4 is 33.2 Å². The van der Waals surface area contributed by atoms with Crippen molar-refractivity contribution in [2.75, 3.05) is 18.9 Å². The number of hydrogen-bond acceptors (Lipinski definition) is 3. The Kier molecular flexibility index (Phi) is 5.95. The van der Waals surface area contributed by atoms with Crippen LogP contribution in [-0.4, -0.2) is 29.4 Å². The summed E-state index contributed by atoms with van der Waals surface area (Å²) < 4.78 is 1.03. The van der Waals surface area contributed by atoms with Gasteiger partial charge in [-0.2, -0.15) is 0 Å². The van der Waals surface area contributed by atoms with Gasteiger partial charge in [0.05, 0.1) is 11.9 Å². The van der Waals surface area contributed by atoms with Gasteiger partial charge in [0.2, 0.25) is 0 Å². The smallest absolute Gasteiger partial charge is 0.272 e. The number of hydrogen-bond donors (Lipinski definition) is 1. The zero-order chi connectivity index (χ0) is 15.9. The highest BCUT2D eigenvalue weighted by molar-refractivity contribution is 9.10. The summed E-state index contributed by atoms with van der Waals surface area (Å²) in [5, 5.41) is 3.25. The van der Waals surface area contributed by atoms with Crippen LogP contribution in [0.1, 0.15) is 30.3 Å². The third kappa shape index (κ3) is 4.56. The van der Waals surface area contributed by atoms with E-state index in [4.69, 9.17) is 0 Å². The van der Waals surface area contributed by atoms with Crippen LogP contribution >= 0.6 is 15.9 Å². The fourth-order valence-electron chi connectivity index (χ4n) is 1.99. The molecule has 0 aliphatic rings. The molecule has 1 aromatic carbocycles. The fraction of sp³-hybridized carbons (Fsp3) is 0.294. The van der Waals surface area contributed by atoms with E-state index in [1.165, 1.54) is 0 Å². The molecule has 0 spiro atoms. The second-order valence-corrected chi connectivity index (χ2v) is 6.06. The molecule has 2 aromatic rings. The van der Waals surface area contributed by atoms with Crippen molar-refractivity contribution in [1.82, 2.24) is 9.88 Å². The van der Waals surface area contributed by atoms with Crippen LogP contribution in [0.25, 0.3) is 0 Å². The van der Waals surface area contributed by atoms with E-state index in [0.717, 1.165) is 35.2 Å². The zero-order valence-corrected chi connectivity index (χ0v) is 14.4. The van der Waals surface area contributed by atoms with Crippen molar-refractivity contribution in [3.63, 3.8) is 0 Å². The normalized spacial score (nSPS) is 10.3. The highest BCUT2D eigenvalue weighted by atomic mass is 79.9. The van der Waals surface area contributed by atoms with Crippen molar-refractivity contribution in [2.45, 2.75) is 19.8 Å². The molecule has 116 valence electrons. The number of unbranched alkanes of at least 4 members (excludes halogenated alkanes) is 1. The number of carbonyl (C=O) groups excluding carboxylic acids is 1. The summed E-state index contributed by atoms with van der Waals surface area (Å²) in [6.07, 6.45) is 3.76. The van der Waals surface area contributed by atoms with Crippen LogP contribution in [0.3, 0.4) is 0 Å². The molecular weight excluding hydrogens is 342 g/mol. The minimum atomic E-state index is -0.0383. The number of rotatable bonds is 6. The number of nitrogens with zero attached hydrogens (tertiary/aromatic N) is 2. The molecule has 1 N–H and O–H groups in total. The van der Waals surface area contributed by atoms with Crippen LogP contribution in [0.5, 0.6) is 0 Å². The maximum Gasteiger partial charge on any atom is 0.272 e. The summed E-state index contributed by atoms with van der Waals surface area (Å²) in [7, 11) is 1.81. The molecule has 4 nitrogen and oxygen atoms in total. The van der Waals surface area contributed by atoms with Gasteiger partial charge in [-0.1, -0.05) is 29.3 Å². The monoisotopic (exact) mass is 361 g/mol. The van der Waals surface area contributed by atoms with Gasteiger partial charge in [0.1, 0.15) is 5.69 Å². The lowest BCUT2D eigenvalue weighted by Gasteiger charge is -2.16. The lowest BCUT2D eigenvalue weighted by Crippen LogP contribution is -2.28. The molecule has 1 heterocycles. The zero-order valence-electron chi connectivity index (χ0n) is 12.8. The molecule has 2 rings (SSSR count). The van der Waals surface area contributed by atoms with E-state index in [2.05, 4.69) is 33.2 Å². The van der Waals surface area contributed by atoms with Crippen molar-refractivity contribution in [2.24, 2.45) is 0 Å². The summed E-state index contributed by atoms with van der Waals surface area (Å²) in [4.78, 5) is 18.2. The van der Waals surface area contributed by atoms with E-state index in [9.17, 15) is 4.79 Å². The molecule has 0 atom stereocenters. The van der Waals surface area contributed by atoms with Crippen LogP contribution in [0.2, 0.25) is 0 Å². The van der Waals surface area contributed by atoms with E-state index in [0.29, 0.717) is 5.69 Å². The molecule has 1 amide bonds. The topological polar surface area (TPSA) is 45.2 Å². The Labute approximate surface area is 139 Å². The van der Waals surface area contributed by atoms with E-state index < -0.39 is 0 Å². The van der Waals surface area contributed by atoms with Gasteiger partial charge in [0, 0.05) is 23.8 Å². The number of anilines is 2. The highest BCUT2D eigenvalue weighted by Gasteiger charge is 2.12. The van der Waals surface area contributed by atoms with Gasteiger partial charge in [-0.25, -0.2) is 4.98 Å². The van der Waals surface area contributed by atoms with E-state index >= 15 is 0 Å². The molecule has 0 bridgehead atoms. The third-order valence-corrected chi connectivity index (χ3v) is 3.84. The van der Waals surface area contributed by atoms with Crippen molar-refractivity contribution < 1.29 is 4.79 Å². The predicted octanol–water partition coefficient (Wildman–Crippen LogP) is 4.46. The van der Waals surface area contributed by atoms with Crippen molar-refractivity contribution in [1.29, 1.82) is 0 Å². The highest BCUT2D eigenvalue weighted by Crippen LogP contribution is 2.19. The SMILES string of the molecule is CCCCN(C)C(=O)c1ccc(Nc2ccc(Br)cc2)cn1. The first kappa shape index (κ1) is 16.5. The number of carbonyl (C=O) groups is 1. The number of amides is 1. The van der Waals surface area contributed by atoms with Crippen LogP contribution in [0, 0.1) is 0 Å². The molecule has 0 radical (unpaired) electrons. The molecule has 0 aliphatic carbocycles. The molecule has 1 aromatic heterocycles. The lowest BCUT2D eigenvalue weighted by atomic mass is 10.2. The van der Waals surface area contributed by atoms with E-state index in [-0.39, 0.29) is 5.91 Å². The first-order chi connectivity index (χ1) is 10.6. The van der Waals surface area contributed by atoms with Crippen LogP contribution in [0.15, 0.2) is 47.1 Å². The molecule has 0 aliphatic heterocycles. The molecule has 0 saturated carbocycles. The average molecular weight is 362 g/mol. The van der Waals surface area contributed by atoms with Gasteiger partial charge in [0.15, 0.2) is 0 Å². The maximum absolute atomic E-state index is 12.2. The lowest BCUT2D eigenvalue weighted by molar-refractivity contribution is 0.0787. The van der Waals surface area contributed by atoms with Crippen LogP contribution in [-0.2, 0) is 0 Å². The number of aromatic nitrogens is 1. The number of nitrogens with one attached hydrogen (secondary N) is 1. The fourth-order valence-corrected chi connectivity index (χ4v) is 2.25. The molecule has 0 saturated heterocycles. The Balaban J connectivity index is 2.00. The van der Waals surface area contributed by atoms with E-state index in [1.54, 1.807) is 17.2 Å². The summed E-state index contributed by atoms with van der Waals surface area (Å²) in [6, 6.07) is 11.5. The number of pyridine rings is 1. The van der Waals surface area contributed by atoms with Gasteiger partial charge < -0.3 is 10.2 Å². The molecule has 0 unspecified atom stereocenters. The Morgan fingerprint density at radius 2 is 1.86 bits per heavy atom.